The monoisotopic (exact) mass is 650 g/mol. The van der Waals surface area contributed by atoms with Crippen LogP contribution in [0.15, 0.2) is 78.9 Å². The zero-order valence-electron chi connectivity index (χ0n) is 26.1. The van der Waals surface area contributed by atoms with Crippen molar-refractivity contribution in [1.82, 2.24) is 34.8 Å². The number of aryl methyl sites for hydroxylation is 3. The van der Waals surface area contributed by atoms with Gasteiger partial charge in [0.05, 0.1) is 25.4 Å². The second-order valence-corrected chi connectivity index (χ2v) is 11.7. The Bertz CT molecular complexity index is 2270. The van der Waals surface area contributed by atoms with E-state index in [2.05, 4.69) is 20.1 Å². The number of fused-ring (bicyclic) bond motifs is 2. The van der Waals surface area contributed by atoms with E-state index in [0.717, 1.165) is 22.2 Å². The number of nitrogens with zero attached hydrogens (tertiary/aromatic N) is 6. The number of aromatic nitrogens is 7. The van der Waals surface area contributed by atoms with Crippen LogP contribution in [0, 0.1) is 20.8 Å². The topological polar surface area (TPSA) is 143 Å². The Labute approximate surface area is 271 Å². The Morgan fingerprint density at radius 3 is 2.38 bits per heavy atom. The molecule has 2 N–H and O–H groups in total. The van der Waals surface area contributed by atoms with Crippen LogP contribution in [0.4, 0.5) is 5.69 Å². The van der Waals surface area contributed by atoms with Crippen LogP contribution in [0.3, 0.4) is 0 Å². The van der Waals surface area contributed by atoms with E-state index in [0.29, 0.717) is 56.9 Å². The van der Waals surface area contributed by atoms with Crippen LogP contribution >= 0.6 is 0 Å². The quantitative estimate of drug-likeness (QED) is 0.175. The van der Waals surface area contributed by atoms with Gasteiger partial charge in [-0.05, 0) is 79.9 Å². The number of ether oxygens (including phenoxy) is 3. The summed E-state index contributed by atoms with van der Waals surface area (Å²) in [5, 5.41) is 16.8. The number of nitrogens with one attached hydrogen (secondary N) is 2. The zero-order valence-corrected chi connectivity index (χ0v) is 27.0. The first-order chi connectivity index (χ1) is 22.8. The summed E-state index contributed by atoms with van der Waals surface area (Å²) in [5.74, 6) is 2.51. The zero-order chi connectivity index (χ0) is 32.7. The van der Waals surface area contributed by atoms with Crippen molar-refractivity contribution in [3.05, 3.63) is 95.6 Å². The second kappa shape index (κ2) is 12.1. The molecule has 0 spiro atoms. The molecule has 7 aromatic rings. The van der Waals surface area contributed by atoms with Crippen LogP contribution in [0.2, 0.25) is 0 Å². The SMILES string of the molecule is COc1cccc(OC)c1Oc1nn2[nH]c(-c3cccc(NS(=O)Oc4cc(C)ccc4C)c3)nc2c1-n1nnc2cc(C)ccc21. The van der Waals surface area contributed by atoms with E-state index in [-0.39, 0.29) is 5.88 Å². The van der Waals surface area contributed by atoms with E-state index in [9.17, 15) is 4.21 Å². The molecule has 0 fully saturated rings. The largest absolute Gasteiger partial charge is 0.493 e. The molecule has 0 saturated carbocycles. The van der Waals surface area contributed by atoms with Gasteiger partial charge in [0.25, 0.3) is 5.88 Å². The van der Waals surface area contributed by atoms with Gasteiger partial charge >= 0.3 is 11.3 Å². The van der Waals surface area contributed by atoms with Crippen LogP contribution < -0.4 is 23.1 Å². The van der Waals surface area contributed by atoms with Crippen molar-refractivity contribution in [2.24, 2.45) is 0 Å². The summed E-state index contributed by atoms with van der Waals surface area (Å²) in [7, 11) is 3.10. The molecule has 4 aromatic carbocycles. The summed E-state index contributed by atoms with van der Waals surface area (Å²) in [4.78, 5) is 4.90. The number of anilines is 1. The lowest BCUT2D eigenvalue weighted by Crippen LogP contribution is -2.11. The van der Waals surface area contributed by atoms with E-state index in [4.69, 9.17) is 28.5 Å². The van der Waals surface area contributed by atoms with Crippen LogP contribution in [0.25, 0.3) is 33.8 Å². The summed E-state index contributed by atoms with van der Waals surface area (Å²) in [6.45, 7) is 5.85. The maximum atomic E-state index is 12.9. The number of para-hydroxylation sites is 1. The molecule has 1 atom stereocenters. The molecule has 0 saturated heterocycles. The van der Waals surface area contributed by atoms with Gasteiger partial charge in [0.15, 0.2) is 23.0 Å². The van der Waals surface area contributed by atoms with Crippen molar-refractivity contribution in [1.29, 1.82) is 0 Å². The third-order valence-corrected chi connectivity index (χ3v) is 8.21. The first-order valence-electron chi connectivity index (χ1n) is 14.6. The fraction of sp³-hybridized carbons (Fsp3) is 0.152. The van der Waals surface area contributed by atoms with Crippen molar-refractivity contribution in [2.45, 2.75) is 20.8 Å². The summed E-state index contributed by atoms with van der Waals surface area (Å²) in [6.07, 6.45) is 0. The minimum Gasteiger partial charge on any atom is -0.493 e. The van der Waals surface area contributed by atoms with Crippen molar-refractivity contribution in [2.75, 3.05) is 18.9 Å². The van der Waals surface area contributed by atoms with E-state index in [1.54, 1.807) is 43.2 Å². The third kappa shape index (κ3) is 5.70. The fourth-order valence-electron chi connectivity index (χ4n) is 5.11. The standard InChI is InChI=1S/C33H30N8O5S/c1-19-13-15-25-24(16-19)35-39-40(25)29-32-34-31(36-41(32)37-33(29)45-30-26(43-4)10-7-11-27(30)44-5)22-8-6-9-23(18-22)38-47(42)46-28-17-20(2)12-14-21(28)3/h6-18,38H,1-5H3,(H,34,36). The van der Waals surface area contributed by atoms with Gasteiger partial charge in [-0.15, -0.1) is 14.8 Å². The molecule has 238 valence electrons. The minimum absolute atomic E-state index is 0.194. The average molecular weight is 651 g/mol. The fourth-order valence-corrected chi connectivity index (χ4v) is 5.82. The number of methoxy groups -OCH3 is 2. The van der Waals surface area contributed by atoms with Gasteiger partial charge in [0, 0.05) is 5.56 Å². The molecule has 3 heterocycles. The van der Waals surface area contributed by atoms with Gasteiger partial charge in [0.1, 0.15) is 11.3 Å². The van der Waals surface area contributed by atoms with E-state index >= 15 is 0 Å². The van der Waals surface area contributed by atoms with Gasteiger partial charge in [-0.3, -0.25) is 9.82 Å². The Morgan fingerprint density at radius 2 is 1.60 bits per heavy atom. The maximum absolute atomic E-state index is 12.9. The molecule has 0 aliphatic rings. The van der Waals surface area contributed by atoms with Crippen LogP contribution in [0.1, 0.15) is 16.7 Å². The predicted molar refractivity (Wildman–Crippen MR) is 178 cm³/mol. The summed E-state index contributed by atoms with van der Waals surface area (Å²) < 4.78 is 42.1. The van der Waals surface area contributed by atoms with Crippen LogP contribution in [0.5, 0.6) is 28.9 Å². The molecule has 0 bridgehead atoms. The molecular formula is C33H30N8O5S. The Kier molecular flexibility index (Phi) is 7.69. The maximum Gasteiger partial charge on any atom is 0.316 e. The van der Waals surface area contributed by atoms with E-state index in [1.807, 2.05) is 75.4 Å². The molecule has 14 heteroatoms. The summed E-state index contributed by atoms with van der Waals surface area (Å²) in [5.41, 5.74) is 6.55. The Hall–Kier alpha value is -5.89. The molecule has 13 nitrogen and oxygen atoms in total. The van der Waals surface area contributed by atoms with Gasteiger partial charge in [-0.2, -0.15) is 4.21 Å². The molecule has 3 aromatic heterocycles. The normalized spacial score (nSPS) is 11.9. The number of hydrogen-bond donors (Lipinski definition) is 2. The van der Waals surface area contributed by atoms with Crippen molar-refractivity contribution < 1.29 is 22.6 Å². The highest BCUT2D eigenvalue weighted by molar-refractivity contribution is 7.82. The van der Waals surface area contributed by atoms with Gasteiger partial charge in [-0.1, -0.05) is 41.6 Å². The molecule has 0 radical (unpaired) electrons. The second-order valence-electron chi connectivity index (χ2n) is 10.8. The van der Waals surface area contributed by atoms with E-state index < -0.39 is 11.3 Å². The Balaban J connectivity index is 1.27. The number of benzene rings is 4. The molecule has 1 unspecified atom stereocenters. The average Bonchev–Trinajstić information content (AvgIpc) is 3.75. The van der Waals surface area contributed by atoms with Gasteiger partial charge in [-0.25, -0.2) is 9.67 Å². The minimum atomic E-state index is -1.83. The van der Waals surface area contributed by atoms with Crippen LogP contribution in [-0.4, -0.2) is 53.2 Å². The molecule has 0 amide bonds. The highest BCUT2D eigenvalue weighted by atomic mass is 32.2. The first kappa shape index (κ1) is 29.8. The van der Waals surface area contributed by atoms with Crippen molar-refractivity contribution in [3.8, 4) is 46.0 Å². The van der Waals surface area contributed by atoms with Gasteiger partial charge in [0.2, 0.25) is 11.4 Å². The number of H-pyrrole nitrogens is 1. The molecular weight excluding hydrogens is 620 g/mol. The smallest absolute Gasteiger partial charge is 0.316 e. The third-order valence-electron chi connectivity index (χ3n) is 7.48. The number of rotatable bonds is 10. The Morgan fingerprint density at radius 1 is 0.851 bits per heavy atom. The summed E-state index contributed by atoms with van der Waals surface area (Å²) >= 11 is -1.83. The highest BCUT2D eigenvalue weighted by Gasteiger charge is 2.26. The highest BCUT2D eigenvalue weighted by Crippen LogP contribution is 2.42. The molecule has 0 aliphatic heterocycles. The molecule has 7 rings (SSSR count). The number of aromatic amines is 1. The van der Waals surface area contributed by atoms with E-state index in [1.165, 1.54) is 4.63 Å². The van der Waals surface area contributed by atoms with Crippen molar-refractivity contribution >= 4 is 33.6 Å². The lowest BCUT2D eigenvalue weighted by atomic mass is 10.1. The first-order valence-corrected chi connectivity index (χ1v) is 15.6. The predicted octanol–water partition coefficient (Wildman–Crippen LogP) is 6.26. The molecule has 0 aliphatic carbocycles. The molecule has 47 heavy (non-hydrogen) atoms. The van der Waals surface area contributed by atoms with Gasteiger partial charge < -0.3 is 18.4 Å². The van der Waals surface area contributed by atoms with Crippen LogP contribution in [-0.2, 0) is 11.3 Å². The number of hydrogen-bond acceptors (Lipinski definition) is 9. The van der Waals surface area contributed by atoms with Crippen molar-refractivity contribution in [3.63, 3.8) is 0 Å². The lowest BCUT2D eigenvalue weighted by molar-refractivity contribution is 0.340. The lowest BCUT2D eigenvalue weighted by Gasteiger charge is -2.13. The summed E-state index contributed by atoms with van der Waals surface area (Å²) in [6, 6.07) is 24.3.